The molecule has 1 heterocycles. The molecule has 0 radical (unpaired) electrons. The molecule has 1 atom stereocenters. The number of nitrogens with zero attached hydrogens (tertiary/aromatic N) is 2. The summed E-state index contributed by atoms with van der Waals surface area (Å²) in [5.41, 5.74) is 0.449. The number of ether oxygens (including phenoxy) is 1. The summed E-state index contributed by atoms with van der Waals surface area (Å²) in [4.78, 5) is 14.9. The van der Waals surface area contributed by atoms with Gasteiger partial charge in [0.1, 0.15) is 12.3 Å². The number of hydrogen-bond acceptors (Lipinski definition) is 5. The Bertz CT molecular complexity index is 737. The molecule has 1 amide bonds. The van der Waals surface area contributed by atoms with E-state index in [2.05, 4.69) is 17.1 Å². The van der Waals surface area contributed by atoms with Crippen LogP contribution in [0.15, 0.2) is 24.3 Å². The molecular formula is C21H35N3O4S. The van der Waals surface area contributed by atoms with Gasteiger partial charge in [-0.15, -0.1) is 0 Å². The standard InChI is InChI=1S/C21H35N3O4S/c1-4-18-9-6-7-15-23(18)16-8-14-22-21(25)17-24(29(3,26)27)19-10-12-20(13-11-19)28-5-2/h10-13,18H,4-9,14-17H2,1-3H3,(H,22,25). The van der Waals surface area contributed by atoms with Crippen molar-refractivity contribution in [1.82, 2.24) is 10.2 Å². The van der Waals surface area contributed by atoms with Gasteiger partial charge in [-0.1, -0.05) is 13.3 Å². The second-order valence-electron chi connectivity index (χ2n) is 7.49. The van der Waals surface area contributed by atoms with Gasteiger partial charge in [-0.05, 0) is 63.4 Å². The van der Waals surface area contributed by atoms with Crippen LogP contribution in [0.1, 0.15) is 46.0 Å². The van der Waals surface area contributed by atoms with Gasteiger partial charge in [-0.3, -0.25) is 9.10 Å². The average Bonchev–Trinajstić information content (AvgIpc) is 2.70. The number of likely N-dealkylation sites (tertiary alicyclic amines) is 1. The number of hydrogen-bond donors (Lipinski definition) is 1. The molecule has 1 aromatic rings. The highest BCUT2D eigenvalue weighted by Crippen LogP contribution is 2.22. The predicted molar refractivity (Wildman–Crippen MR) is 117 cm³/mol. The number of amides is 1. The van der Waals surface area contributed by atoms with E-state index in [4.69, 9.17) is 4.74 Å². The Balaban J connectivity index is 1.85. The molecule has 0 aliphatic carbocycles. The zero-order chi connectivity index (χ0) is 21.3. The van der Waals surface area contributed by atoms with Gasteiger partial charge in [-0.2, -0.15) is 0 Å². The lowest BCUT2D eigenvalue weighted by Crippen LogP contribution is -2.42. The topological polar surface area (TPSA) is 79.0 Å². The maximum Gasteiger partial charge on any atom is 0.240 e. The summed E-state index contributed by atoms with van der Waals surface area (Å²) in [5, 5.41) is 2.86. The van der Waals surface area contributed by atoms with Gasteiger partial charge in [-0.25, -0.2) is 8.42 Å². The van der Waals surface area contributed by atoms with Crippen LogP contribution in [0.2, 0.25) is 0 Å². The van der Waals surface area contributed by atoms with Crippen molar-refractivity contribution >= 4 is 21.6 Å². The van der Waals surface area contributed by atoms with Crippen LogP contribution < -0.4 is 14.4 Å². The highest BCUT2D eigenvalue weighted by molar-refractivity contribution is 7.92. The molecule has 1 aliphatic heterocycles. The number of piperidine rings is 1. The van der Waals surface area contributed by atoms with Gasteiger partial charge < -0.3 is 15.0 Å². The fraction of sp³-hybridized carbons (Fsp3) is 0.667. The third kappa shape index (κ3) is 7.51. The van der Waals surface area contributed by atoms with Crippen LogP contribution in [-0.4, -0.2) is 64.3 Å². The van der Waals surface area contributed by atoms with Gasteiger partial charge in [0, 0.05) is 19.1 Å². The Kier molecular flexibility index (Phi) is 9.23. The van der Waals surface area contributed by atoms with Gasteiger partial charge in [0.2, 0.25) is 15.9 Å². The maximum absolute atomic E-state index is 12.4. The number of carbonyl (C=O) groups is 1. The second kappa shape index (κ2) is 11.4. The summed E-state index contributed by atoms with van der Waals surface area (Å²) < 4.78 is 30.9. The SMILES string of the molecule is CCOc1ccc(N(CC(=O)NCCCN2CCCCC2CC)S(C)(=O)=O)cc1. The van der Waals surface area contributed by atoms with E-state index in [1.807, 2.05) is 6.92 Å². The van der Waals surface area contributed by atoms with Crippen molar-refractivity contribution < 1.29 is 17.9 Å². The first kappa shape index (κ1) is 23.5. The van der Waals surface area contributed by atoms with Crippen LogP contribution in [-0.2, 0) is 14.8 Å². The third-order valence-corrected chi connectivity index (χ3v) is 6.43. The first-order valence-electron chi connectivity index (χ1n) is 10.6. The van der Waals surface area contributed by atoms with Gasteiger partial charge in [0.15, 0.2) is 0 Å². The number of sulfonamides is 1. The van der Waals surface area contributed by atoms with E-state index >= 15 is 0 Å². The Morgan fingerprint density at radius 2 is 1.97 bits per heavy atom. The zero-order valence-corrected chi connectivity index (χ0v) is 18.7. The van der Waals surface area contributed by atoms with Crippen molar-refractivity contribution in [3.05, 3.63) is 24.3 Å². The van der Waals surface area contributed by atoms with Crippen molar-refractivity contribution in [2.45, 2.75) is 52.0 Å². The Morgan fingerprint density at radius 3 is 2.59 bits per heavy atom. The first-order valence-corrected chi connectivity index (χ1v) is 12.4. The van der Waals surface area contributed by atoms with Crippen LogP contribution in [0.25, 0.3) is 0 Å². The molecule has 1 unspecified atom stereocenters. The molecule has 2 rings (SSSR count). The Morgan fingerprint density at radius 1 is 1.24 bits per heavy atom. The Labute approximate surface area is 175 Å². The van der Waals surface area contributed by atoms with E-state index < -0.39 is 10.0 Å². The molecular weight excluding hydrogens is 390 g/mol. The van der Waals surface area contributed by atoms with Crippen LogP contribution >= 0.6 is 0 Å². The molecule has 7 nitrogen and oxygen atoms in total. The number of nitrogens with one attached hydrogen (secondary N) is 1. The normalized spacial score (nSPS) is 17.7. The lowest BCUT2D eigenvalue weighted by atomic mass is 10.00. The summed E-state index contributed by atoms with van der Waals surface area (Å²) in [5.74, 6) is 0.368. The highest BCUT2D eigenvalue weighted by Gasteiger charge is 2.22. The van der Waals surface area contributed by atoms with Crippen LogP contribution in [0.3, 0.4) is 0 Å². The van der Waals surface area contributed by atoms with Gasteiger partial charge in [0.05, 0.1) is 18.6 Å². The molecule has 29 heavy (non-hydrogen) atoms. The second-order valence-corrected chi connectivity index (χ2v) is 9.40. The minimum Gasteiger partial charge on any atom is -0.494 e. The largest absolute Gasteiger partial charge is 0.494 e. The summed E-state index contributed by atoms with van der Waals surface area (Å²) in [6, 6.07) is 7.37. The van der Waals surface area contributed by atoms with Crippen LogP contribution in [0.4, 0.5) is 5.69 Å². The maximum atomic E-state index is 12.4. The molecule has 164 valence electrons. The number of rotatable bonds is 11. The fourth-order valence-electron chi connectivity index (χ4n) is 3.79. The average molecular weight is 426 g/mol. The predicted octanol–water partition coefficient (Wildman–Crippen LogP) is 2.62. The van der Waals surface area contributed by atoms with Crippen molar-refractivity contribution in [1.29, 1.82) is 0 Å². The molecule has 1 saturated heterocycles. The van der Waals surface area contributed by atoms with Crippen LogP contribution in [0.5, 0.6) is 5.75 Å². The molecule has 0 aromatic heterocycles. The van der Waals surface area contributed by atoms with E-state index in [1.54, 1.807) is 24.3 Å². The smallest absolute Gasteiger partial charge is 0.240 e. The molecule has 8 heteroatoms. The van der Waals surface area contributed by atoms with Crippen molar-refractivity contribution in [2.75, 3.05) is 43.3 Å². The van der Waals surface area contributed by atoms with E-state index in [-0.39, 0.29) is 12.5 Å². The van der Waals surface area contributed by atoms with E-state index in [0.717, 1.165) is 36.5 Å². The Hall–Kier alpha value is -1.80. The van der Waals surface area contributed by atoms with Crippen molar-refractivity contribution in [2.24, 2.45) is 0 Å². The number of benzene rings is 1. The molecule has 1 aromatic carbocycles. The van der Waals surface area contributed by atoms with Crippen LogP contribution in [0, 0.1) is 0 Å². The quantitative estimate of drug-likeness (QED) is 0.552. The molecule has 1 aliphatic rings. The van der Waals surface area contributed by atoms with E-state index in [0.29, 0.717) is 30.6 Å². The van der Waals surface area contributed by atoms with E-state index in [1.165, 1.54) is 19.3 Å². The minimum absolute atomic E-state index is 0.228. The number of carbonyl (C=O) groups excluding carboxylic acids is 1. The molecule has 1 N–H and O–H groups in total. The highest BCUT2D eigenvalue weighted by atomic mass is 32.2. The summed E-state index contributed by atoms with van der Waals surface area (Å²) >= 11 is 0. The summed E-state index contributed by atoms with van der Waals surface area (Å²) in [6.07, 6.45) is 6.95. The van der Waals surface area contributed by atoms with Gasteiger partial charge in [0.25, 0.3) is 0 Å². The molecule has 1 fully saturated rings. The minimum atomic E-state index is -3.57. The van der Waals surface area contributed by atoms with Crippen molar-refractivity contribution in [3.63, 3.8) is 0 Å². The summed E-state index contributed by atoms with van der Waals surface area (Å²) in [7, 11) is -3.57. The fourth-order valence-corrected chi connectivity index (χ4v) is 4.64. The third-order valence-electron chi connectivity index (χ3n) is 5.29. The first-order chi connectivity index (χ1) is 13.8. The molecule has 0 bridgehead atoms. The lowest BCUT2D eigenvalue weighted by molar-refractivity contribution is -0.119. The summed E-state index contributed by atoms with van der Waals surface area (Å²) in [6.45, 7) is 7.06. The monoisotopic (exact) mass is 425 g/mol. The molecule has 0 spiro atoms. The van der Waals surface area contributed by atoms with E-state index in [9.17, 15) is 13.2 Å². The van der Waals surface area contributed by atoms with Gasteiger partial charge >= 0.3 is 0 Å². The molecule has 0 saturated carbocycles. The number of anilines is 1. The zero-order valence-electron chi connectivity index (χ0n) is 17.9. The van der Waals surface area contributed by atoms with Crippen molar-refractivity contribution in [3.8, 4) is 5.75 Å². The lowest BCUT2D eigenvalue weighted by Gasteiger charge is -2.35.